The van der Waals surface area contributed by atoms with E-state index in [-0.39, 0.29) is 18.5 Å². The molecule has 3 rings (SSSR count). The van der Waals surface area contributed by atoms with Crippen molar-refractivity contribution >= 4 is 16.7 Å². The third-order valence-corrected chi connectivity index (χ3v) is 4.10. The molecule has 1 aliphatic heterocycles. The van der Waals surface area contributed by atoms with Crippen LogP contribution in [0.15, 0.2) is 36.4 Å². The number of fused-ring (bicyclic) bond motifs is 1. The fourth-order valence-corrected chi connectivity index (χ4v) is 3.05. The average molecular weight is 352 g/mol. The van der Waals surface area contributed by atoms with Gasteiger partial charge in [0, 0.05) is 13.0 Å². The average Bonchev–Trinajstić information content (AvgIpc) is 2.97. The van der Waals surface area contributed by atoms with Crippen LogP contribution in [0, 0.1) is 0 Å². The number of alkyl halides is 3. The second kappa shape index (κ2) is 6.92. The largest absolute Gasteiger partial charge is 0.494 e. The van der Waals surface area contributed by atoms with Gasteiger partial charge in [-0.3, -0.25) is 10.2 Å². The van der Waals surface area contributed by atoms with E-state index in [4.69, 9.17) is 4.74 Å². The number of amides is 1. The molecule has 0 radical (unpaired) electrons. The van der Waals surface area contributed by atoms with Gasteiger partial charge in [0.25, 0.3) is 0 Å². The van der Waals surface area contributed by atoms with Crippen LogP contribution in [0.4, 0.5) is 13.2 Å². The molecule has 1 atom stereocenters. The van der Waals surface area contributed by atoms with Crippen LogP contribution >= 0.6 is 0 Å². The number of benzene rings is 2. The highest BCUT2D eigenvalue weighted by atomic mass is 19.4. The van der Waals surface area contributed by atoms with E-state index >= 15 is 0 Å². The summed E-state index contributed by atoms with van der Waals surface area (Å²) < 4.78 is 47.2. The van der Waals surface area contributed by atoms with E-state index in [2.05, 4.69) is 5.43 Å². The molecule has 2 aromatic rings. The maximum absolute atomic E-state index is 13.9. The van der Waals surface area contributed by atoms with Gasteiger partial charge in [-0.2, -0.15) is 13.2 Å². The van der Waals surface area contributed by atoms with Crippen molar-refractivity contribution < 1.29 is 22.7 Å². The monoisotopic (exact) mass is 352 g/mol. The minimum atomic E-state index is -4.54. The van der Waals surface area contributed by atoms with Crippen molar-refractivity contribution in [3.05, 3.63) is 42.0 Å². The summed E-state index contributed by atoms with van der Waals surface area (Å²) in [6, 6.07) is 8.14. The lowest BCUT2D eigenvalue weighted by Crippen LogP contribution is -2.43. The molecular weight excluding hydrogens is 333 g/mol. The first-order valence-corrected chi connectivity index (χ1v) is 8.18. The molecular formula is C18H19F3N2O2. The molecule has 25 heavy (non-hydrogen) atoms. The molecule has 1 N–H and O–H groups in total. The molecule has 134 valence electrons. The number of hydrazine groups is 1. The molecule has 2 aromatic carbocycles. The lowest BCUT2D eigenvalue weighted by atomic mass is 9.97. The number of nitrogens with zero attached hydrogens (tertiary/aromatic N) is 1. The maximum Gasteiger partial charge on any atom is 0.409 e. The van der Waals surface area contributed by atoms with Crippen LogP contribution in [-0.2, 0) is 4.79 Å². The second-order valence-corrected chi connectivity index (χ2v) is 6.00. The molecule has 0 spiro atoms. The predicted molar refractivity (Wildman–Crippen MR) is 88.0 cm³/mol. The van der Waals surface area contributed by atoms with E-state index < -0.39 is 18.1 Å². The molecule has 1 saturated heterocycles. The first-order chi connectivity index (χ1) is 11.9. The molecule has 1 aliphatic rings. The van der Waals surface area contributed by atoms with Crippen molar-refractivity contribution in [2.45, 2.75) is 32.0 Å². The molecule has 1 fully saturated rings. The minimum Gasteiger partial charge on any atom is -0.494 e. The first kappa shape index (κ1) is 17.5. The van der Waals surface area contributed by atoms with Crippen LogP contribution in [-0.4, -0.2) is 30.2 Å². The van der Waals surface area contributed by atoms with Crippen LogP contribution in [0.2, 0.25) is 0 Å². The Morgan fingerprint density at radius 2 is 2.04 bits per heavy atom. The number of hydrogen-bond acceptors (Lipinski definition) is 3. The summed E-state index contributed by atoms with van der Waals surface area (Å²) in [4.78, 5) is 11.4. The Hall–Kier alpha value is -2.28. The number of rotatable bonds is 5. The summed E-state index contributed by atoms with van der Waals surface area (Å²) in [5, 5.41) is 2.13. The molecule has 1 amide bonds. The first-order valence-electron chi connectivity index (χ1n) is 8.18. The molecule has 0 aromatic heterocycles. The van der Waals surface area contributed by atoms with Crippen molar-refractivity contribution in [2.75, 3.05) is 13.2 Å². The quantitative estimate of drug-likeness (QED) is 0.885. The highest BCUT2D eigenvalue weighted by Gasteiger charge is 2.47. The van der Waals surface area contributed by atoms with Crippen LogP contribution in [0.3, 0.4) is 0 Å². The number of carbonyl (C=O) groups excluding carboxylic acids is 1. The van der Waals surface area contributed by atoms with Crippen LogP contribution < -0.4 is 10.2 Å². The number of halogens is 3. The third-order valence-electron chi connectivity index (χ3n) is 4.10. The van der Waals surface area contributed by atoms with E-state index in [0.29, 0.717) is 23.1 Å². The Bertz CT molecular complexity index is 776. The Morgan fingerprint density at radius 3 is 2.68 bits per heavy atom. The Kier molecular flexibility index (Phi) is 4.85. The van der Waals surface area contributed by atoms with Crippen LogP contribution in [0.5, 0.6) is 5.75 Å². The smallest absolute Gasteiger partial charge is 0.409 e. The van der Waals surface area contributed by atoms with Crippen molar-refractivity contribution in [1.29, 1.82) is 0 Å². The lowest BCUT2D eigenvalue weighted by molar-refractivity contribution is -0.190. The van der Waals surface area contributed by atoms with E-state index in [9.17, 15) is 18.0 Å². The standard InChI is InChI=1S/C18H19F3N2O2/c1-2-9-25-13-10-12-5-3-4-6-14(12)15(11-13)17(18(19,20)21)23-8-7-16(24)22-23/h3-6,10-11,17H,2,7-9H2,1H3,(H,22,24)/t17-/m0/s1. The van der Waals surface area contributed by atoms with Crippen molar-refractivity contribution in [2.24, 2.45) is 0 Å². The zero-order chi connectivity index (χ0) is 18.0. The number of hydrogen-bond donors (Lipinski definition) is 1. The van der Waals surface area contributed by atoms with E-state index in [1.807, 2.05) is 6.92 Å². The number of carbonyl (C=O) groups is 1. The SMILES string of the molecule is CCCOc1cc([C@H](N2CCC(=O)N2)C(F)(F)F)c2ccccc2c1. The van der Waals surface area contributed by atoms with Gasteiger partial charge in [0.15, 0.2) is 6.04 Å². The van der Waals surface area contributed by atoms with Crippen LogP contribution in [0.1, 0.15) is 31.4 Å². The van der Waals surface area contributed by atoms with Gasteiger partial charge in [-0.05, 0) is 34.9 Å². The van der Waals surface area contributed by atoms with Gasteiger partial charge >= 0.3 is 6.18 Å². The number of nitrogens with one attached hydrogen (secondary N) is 1. The van der Waals surface area contributed by atoms with Crippen molar-refractivity contribution in [1.82, 2.24) is 10.4 Å². The van der Waals surface area contributed by atoms with Gasteiger partial charge in [-0.25, -0.2) is 5.01 Å². The summed E-state index contributed by atoms with van der Waals surface area (Å²) in [7, 11) is 0. The van der Waals surface area contributed by atoms with E-state index in [1.54, 1.807) is 30.3 Å². The highest BCUT2D eigenvalue weighted by molar-refractivity contribution is 5.88. The van der Waals surface area contributed by atoms with Gasteiger partial charge in [0.05, 0.1) is 6.61 Å². The molecule has 0 saturated carbocycles. The molecule has 7 heteroatoms. The summed E-state index contributed by atoms with van der Waals surface area (Å²) >= 11 is 0. The Labute approximate surface area is 143 Å². The fourth-order valence-electron chi connectivity index (χ4n) is 3.05. The Balaban J connectivity index is 2.13. The summed E-state index contributed by atoms with van der Waals surface area (Å²) in [6.07, 6.45) is -3.73. The van der Waals surface area contributed by atoms with Gasteiger partial charge in [0.1, 0.15) is 5.75 Å². The second-order valence-electron chi connectivity index (χ2n) is 6.00. The Morgan fingerprint density at radius 1 is 1.28 bits per heavy atom. The minimum absolute atomic E-state index is 0.0113. The summed E-state index contributed by atoms with van der Waals surface area (Å²) in [6.45, 7) is 2.37. The van der Waals surface area contributed by atoms with Gasteiger partial charge in [-0.15, -0.1) is 0 Å². The zero-order valence-electron chi connectivity index (χ0n) is 13.8. The van der Waals surface area contributed by atoms with Crippen molar-refractivity contribution in [3.8, 4) is 5.75 Å². The van der Waals surface area contributed by atoms with Gasteiger partial charge < -0.3 is 4.74 Å². The van der Waals surface area contributed by atoms with E-state index in [0.717, 1.165) is 11.4 Å². The summed E-state index contributed by atoms with van der Waals surface area (Å²) in [5.41, 5.74) is 2.40. The molecule has 0 bridgehead atoms. The normalized spacial score (nSPS) is 16.9. The number of ether oxygens (including phenoxy) is 1. The third kappa shape index (κ3) is 3.71. The lowest BCUT2D eigenvalue weighted by Gasteiger charge is -2.30. The summed E-state index contributed by atoms with van der Waals surface area (Å²) in [5.74, 6) is -0.00716. The highest BCUT2D eigenvalue weighted by Crippen LogP contribution is 2.42. The molecule has 0 aliphatic carbocycles. The van der Waals surface area contributed by atoms with Crippen molar-refractivity contribution in [3.63, 3.8) is 0 Å². The zero-order valence-corrected chi connectivity index (χ0v) is 13.8. The molecule has 1 heterocycles. The molecule has 0 unspecified atom stereocenters. The van der Waals surface area contributed by atoms with Gasteiger partial charge in [0.2, 0.25) is 5.91 Å². The van der Waals surface area contributed by atoms with E-state index in [1.165, 1.54) is 6.07 Å². The van der Waals surface area contributed by atoms with Crippen LogP contribution in [0.25, 0.3) is 10.8 Å². The predicted octanol–water partition coefficient (Wildman–Crippen LogP) is 3.97. The fraction of sp³-hybridized carbons (Fsp3) is 0.389. The maximum atomic E-state index is 13.9. The van der Waals surface area contributed by atoms with Gasteiger partial charge in [-0.1, -0.05) is 31.2 Å². The molecule has 4 nitrogen and oxygen atoms in total. The topological polar surface area (TPSA) is 41.6 Å².